The summed E-state index contributed by atoms with van der Waals surface area (Å²) in [6, 6.07) is 6.47. The van der Waals surface area contributed by atoms with Crippen LogP contribution in [0.4, 0.5) is 0 Å². The van der Waals surface area contributed by atoms with Gasteiger partial charge in [-0.25, -0.2) is 4.98 Å². The zero-order valence-corrected chi connectivity index (χ0v) is 11.2. The van der Waals surface area contributed by atoms with Gasteiger partial charge in [-0.3, -0.25) is 5.10 Å². The lowest BCUT2D eigenvalue weighted by Gasteiger charge is -1.98. The minimum atomic E-state index is 0.715. The van der Waals surface area contributed by atoms with Crippen LogP contribution in [0.1, 0.15) is 10.7 Å². The Bertz CT molecular complexity index is 583. The Labute approximate surface area is 113 Å². The van der Waals surface area contributed by atoms with Crippen molar-refractivity contribution in [2.45, 2.75) is 13.1 Å². The summed E-state index contributed by atoms with van der Waals surface area (Å²) in [6.07, 6.45) is 1.52. The van der Waals surface area contributed by atoms with Gasteiger partial charge in [-0.2, -0.15) is 5.10 Å². The van der Waals surface area contributed by atoms with Crippen molar-refractivity contribution in [1.82, 2.24) is 20.5 Å². The summed E-state index contributed by atoms with van der Waals surface area (Å²) in [6.45, 7) is 1.57. The summed E-state index contributed by atoms with van der Waals surface area (Å²) >= 11 is 3.56. The van der Waals surface area contributed by atoms with E-state index in [1.807, 2.05) is 0 Å². The van der Waals surface area contributed by atoms with Crippen LogP contribution >= 0.6 is 22.7 Å². The molecule has 3 aromatic heterocycles. The molecule has 3 heterocycles. The summed E-state index contributed by atoms with van der Waals surface area (Å²) in [5.74, 6) is 0.866. The maximum absolute atomic E-state index is 4.07. The van der Waals surface area contributed by atoms with Crippen molar-refractivity contribution in [1.29, 1.82) is 0 Å². The molecule has 3 aromatic rings. The molecule has 0 bridgehead atoms. The highest BCUT2D eigenvalue weighted by Gasteiger charge is 2.03. The highest BCUT2D eigenvalue weighted by Crippen LogP contribution is 2.29. The molecule has 4 nitrogen and oxygen atoms in total. The Morgan fingerprint density at radius 2 is 2.28 bits per heavy atom. The lowest BCUT2D eigenvalue weighted by Crippen LogP contribution is -2.12. The third-order valence-electron chi connectivity index (χ3n) is 2.52. The maximum Gasteiger partial charge on any atom is 0.138 e. The average molecular weight is 276 g/mol. The number of thiophene rings is 2. The third kappa shape index (κ3) is 2.66. The molecule has 0 aromatic carbocycles. The lowest BCUT2D eigenvalue weighted by molar-refractivity contribution is 0.671. The first-order chi connectivity index (χ1) is 8.92. The molecule has 0 fully saturated rings. The van der Waals surface area contributed by atoms with E-state index >= 15 is 0 Å². The Balaban J connectivity index is 1.57. The first-order valence-corrected chi connectivity index (χ1v) is 7.34. The molecule has 0 aliphatic carbocycles. The molecule has 0 saturated heterocycles. The van der Waals surface area contributed by atoms with Gasteiger partial charge in [-0.1, -0.05) is 6.07 Å². The molecule has 6 heteroatoms. The van der Waals surface area contributed by atoms with Crippen LogP contribution in [-0.4, -0.2) is 15.2 Å². The summed E-state index contributed by atoms with van der Waals surface area (Å²) < 4.78 is 0. The normalized spacial score (nSPS) is 10.9. The summed E-state index contributed by atoms with van der Waals surface area (Å²) in [5.41, 5.74) is 1.31. The van der Waals surface area contributed by atoms with Crippen LogP contribution in [0.2, 0.25) is 0 Å². The van der Waals surface area contributed by atoms with Gasteiger partial charge in [0, 0.05) is 21.9 Å². The van der Waals surface area contributed by atoms with E-state index in [1.165, 1.54) is 21.6 Å². The van der Waals surface area contributed by atoms with Crippen molar-refractivity contribution in [3.8, 4) is 10.4 Å². The fraction of sp³-hybridized carbons (Fsp3) is 0.167. The molecule has 92 valence electrons. The van der Waals surface area contributed by atoms with Crippen LogP contribution in [0.15, 0.2) is 35.3 Å². The molecule has 0 radical (unpaired) electrons. The maximum atomic E-state index is 4.07. The fourth-order valence-corrected chi connectivity index (χ4v) is 3.31. The van der Waals surface area contributed by atoms with E-state index in [2.05, 4.69) is 49.5 Å². The van der Waals surface area contributed by atoms with E-state index in [0.717, 1.165) is 12.4 Å². The molecule has 18 heavy (non-hydrogen) atoms. The largest absolute Gasteiger partial charge is 0.305 e. The average Bonchev–Trinajstić information content (AvgIpc) is 3.12. The molecule has 0 aliphatic heterocycles. The van der Waals surface area contributed by atoms with Gasteiger partial charge in [0.05, 0.1) is 6.54 Å². The molecular formula is C12H12N4S2. The van der Waals surface area contributed by atoms with Crippen molar-refractivity contribution in [2.24, 2.45) is 0 Å². The summed E-state index contributed by atoms with van der Waals surface area (Å²) in [7, 11) is 0. The van der Waals surface area contributed by atoms with Gasteiger partial charge in [0.15, 0.2) is 0 Å². The van der Waals surface area contributed by atoms with E-state index in [0.29, 0.717) is 6.54 Å². The van der Waals surface area contributed by atoms with E-state index in [9.17, 15) is 0 Å². The number of nitrogens with zero attached hydrogens (tertiary/aromatic N) is 2. The third-order valence-corrected chi connectivity index (χ3v) is 4.37. The molecule has 0 spiro atoms. The second-order valence-corrected chi connectivity index (χ2v) is 5.76. The van der Waals surface area contributed by atoms with Crippen LogP contribution in [0.3, 0.4) is 0 Å². The first-order valence-electron chi connectivity index (χ1n) is 5.58. The second kappa shape index (κ2) is 5.43. The van der Waals surface area contributed by atoms with Crippen molar-refractivity contribution in [2.75, 3.05) is 0 Å². The summed E-state index contributed by atoms with van der Waals surface area (Å²) in [4.78, 5) is 6.73. The molecule has 0 unspecified atom stereocenters. The van der Waals surface area contributed by atoms with Crippen molar-refractivity contribution >= 4 is 22.7 Å². The number of aromatic nitrogens is 3. The number of rotatable bonds is 5. The predicted molar refractivity (Wildman–Crippen MR) is 74.6 cm³/mol. The van der Waals surface area contributed by atoms with Crippen LogP contribution in [0, 0.1) is 0 Å². The van der Waals surface area contributed by atoms with Crippen LogP contribution in [-0.2, 0) is 13.1 Å². The Morgan fingerprint density at radius 1 is 1.28 bits per heavy atom. The Kier molecular flexibility index (Phi) is 3.49. The number of nitrogens with one attached hydrogen (secondary N) is 2. The molecule has 0 atom stereocenters. The van der Waals surface area contributed by atoms with Crippen LogP contribution in [0.25, 0.3) is 10.4 Å². The van der Waals surface area contributed by atoms with Gasteiger partial charge in [-0.05, 0) is 22.9 Å². The Morgan fingerprint density at radius 3 is 3.06 bits per heavy atom. The minimum absolute atomic E-state index is 0.715. The fourth-order valence-electron chi connectivity index (χ4n) is 1.67. The Hall–Kier alpha value is -1.50. The van der Waals surface area contributed by atoms with E-state index < -0.39 is 0 Å². The zero-order valence-electron chi connectivity index (χ0n) is 9.59. The highest BCUT2D eigenvalue weighted by molar-refractivity contribution is 7.14. The monoisotopic (exact) mass is 276 g/mol. The SMILES string of the molecule is c1csc(-c2csc(CNCc3ncn[nH]3)c2)c1. The molecule has 0 saturated carbocycles. The lowest BCUT2D eigenvalue weighted by atomic mass is 10.2. The van der Waals surface area contributed by atoms with E-state index in [1.54, 1.807) is 22.7 Å². The number of aromatic amines is 1. The highest BCUT2D eigenvalue weighted by atomic mass is 32.1. The number of hydrogen-bond acceptors (Lipinski definition) is 5. The van der Waals surface area contributed by atoms with Crippen LogP contribution in [0.5, 0.6) is 0 Å². The van der Waals surface area contributed by atoms with Crippen molar-refractivity contribution in [3.63, 3.8) is 0 Å². The van der Waals surface area contributed by atoms with Gasteiger partial charge < -0.3 is 5.32 Å². The first kappa shape index (κ1) is 11.6. The topological polar surface area (TPSA) is 53.6 Å². The molecule has 0 amide bonds. The molecule has 0 aliphatic rings. The van der Waals surface area contributed by atoms with Gasteiger partial charge in [-0.15, -0.1) is 22.7 Å². The second-order valence-electron chi connectivity index (χ2n) is 3.81. The van der Waals surface area contributed by atoms with E-state index in [4.69, 9.17) is 0 Å². The molecule has 2 N–H and O–H groups in total. The van der Waals surface area contributed by atoms with Crippen molar-refractivity contribution in [3.05, 3.63) is 46.0 Å². The van der Waals surface area contributed by atoms with Crippen LogP contribution < -0.4 is 5.32 Å². The standard InChI is InChI=1S/C12H12N4S2/c1-2-11(17-3-1)9-4-10(18-7-9)5-13-6-12-14-8-15-16-12/h1-4,7-8,13H,5-6H2,(H,14,15,16). The number of hydrogen-bond donors (Lipinski definition) is 2. The predicted octanol–water partition coefficient (Wildman–Crippen LogP) is 2.88. The summed E-state index contributed by atoms with van der Waals surface area (Å²) in [5, 5.41) is 14.3. The number of H-pyrrole nitrogens is 1. The van der Waals surface area contributed by atoms with Gasteiger partial charge in [0.1, 0.15) is 12.2 Å². The van der Waals surface area contributed by atoms with Gasteiger partial charge >= 0.3 is 0 Å². The van der Waals surface area contributed by atoms with Gasteiger partial charge in [0.2, 0.25) is 0 Å². The minimum Gasteiger partial charge on any atom is -0.305 e. The quantitative estimate of drug-likeness (QED) is 0.753. The van der Waals surface area contributed by atoms with Crippen molar-refractivity contribution < 1.29 is 0 Å². The molecule has 3 rings (SSSR count). The molecular weight excluding hydrogens is 264 g/mol. The smallest absolute Gasteiger partial charge is 0.138 e. The van der Waals surface area contributed by atoms with E-state index in [-0.39, 0.29) is 0 Å². The zero-order chi connectivity index (χ0) is 12.2. The van der Waals surface area contributed by atoms with Gasteiger partial charge in [0.25, 0.3) is 0 Å².